The van der Waals surface area contributed by atoms with Crippen LogP contribution in [-0.2, 0) is 14.3 Å². The van der Waals surface area contributed by atoms with Gasteiger partial charge in [-0.1, -0.05) is 0 Å². The number of ketones is 1. The number of hydrogen-bond donors (Lipinski definition) is 1. The lowest BCUT2D eigenvalue weighted by Crippen LogP contribution is -2.11. The number of furan rings is 1. The normalized spacial score (nSPS) is 13.0. The number of esters is 1. The molecular formula is C14H17N2O5+. The highest BCUT2D eigenvalue weighted by Crippen LogP contribution is 2.28. The predicted molar refractivity (Wildman–Crippen MR) is 72.7 cm³/mol. The van der Waals surface area contributed by atoms with E-state index in [1.807, 2.05) is 0 Å². The van der Waals surface area contributed by atoms with E-state index in [9.17, 15) is 14.7 Å². The van der Waals surface area contributed by atoms with Crippen molar-refractivity contribution >= 4 is 11.8 Å². The van der Waals surface area contributed by atoms with Crippen molar-refractivity contribution in [3.05, 3.63) is 40.6 Å². The molecule has 112 valence electrons. The van der Waals surface area contributed by atoms with Gasteiger partial charge in [-0.15, -0.1) is 0 Å². The summed E-state index contributed by atoms with van der Waals surface area (Å²) in [4.78, 5) is 25.6. The zero-order chi connectivity index (χ0) is 15.8. The van der Waals surface area contributed by atoms with Gasteiger partial charge >= 0.3 is 11.7 Å². The van der Waals surface area contributed by atoms with Crippen LogP contribution in [0.2, 0.25) is 0 Å². The third kappa shape index (κ3) is 4.76. The molecule has 0 fully saturated rings. The second-order valence-electron chi connectivity index (χ2n) is 4.44. The van der Waals surface area contributed by atoms with Crippen LogP contribution in [0.1, 0.15) is 38.4 Å². The Kier molecular flexibility index (Phi) is 6.14. The number of aliphatic hydroxyl groups is 1. The maximum absolute atomic E-state index is 11.5. The smallest absolute Gasteiger partial charge is 0.505 e. The summed E-state index contributed by atoms with van der Waals surface area (Å²) < 4.78 is 9.89. The van der Waals surface area contributed by atoms with Crippen molar-refractivity contribution in [2.75, 3.05) is 6.61 Å². The molecule has 0 amide bonds. The van der Waals surface area contributed by atoms with E-state index in [2.05, 4.69) is 9.71 Å². The molecule has 0 aliphatic carbocycles. The standard InChI is InChI=1S/C14H16N2O5/c1-3-20-14(19)13(16-15)11(18)8-10(7-9(2)17)12-5-4-6-21-12/h4-6,10H,3,7-8H2,1-2H3/p+1. The lowest BCUT2D eigenvalue weighted by atomic mass is 9.95. The van der Waals surface area contributed by atoms with E-state index in [1.54, 1.807) is 19.1 Å². The number of carbonyl (C=O) groups is 2. The van der Waals surface area contributed by atoms with Crippen molar-refractivity contribution in [2.24, 2.45) is 0 Å². The summed E-state index contributed by atoms with van der Waals surface area (Å²) in [6, 6.07) is 3.33. The molecule has 0 radical (unpaired) electrons. The Bertz CT molecular complexity index is 569. The molecular weight excluding hydrogens is 276 g/mol. The number of Topliss-reactive ketones (excluding diaryl/α,β-unsaturated/α-hetero) is 1. The lowest BCUT2D eigenvalue weighted by Gasteiger charge is -2.11. The zero-order valence-electron chi connectivity index (χ0n) is 11.9. The van der Waals surface area contributed by atoms with E-state index in [0.29, 0.717) is 5.76 Å². The molecule has 1 aromatic heterocycles. The number of allylic oxidation sites excluding steroid dienone is 1. The minimum absolute atomic E-state index is 0.0781. The number of aliphatic hydroxyl groups excluding tert-OH is 1. The molecule has 7 heteroatoms. The molecule has 0 saturated heterocycles. The molecule has 21 heavy (non-hydrogen) atoms. The van der Waals surface area contributed by atoms with E-state index in [-0.39, 0.29) is 25.2 Å². The molecule has 7 nitrogen and oxygen atoms in total. The number of carbonyl (C=O) groups excluding carboxylic acids is 2. The largest absolute Gasteiger partial charge is 0.505 e. The van der Waals surface area contributed by atoms with Crippen LogP contribution in [0.15, 0.2) is 34.3 Å². The quantitative estimate of drug-likeness (QED) is 0.358. The molecule has 1 rings (SSSR count). The van der Waals surface area contributed by atoms with Gasteiger partial charge < -0.3 is 19.1 Å². The highest BCUT2D eigenvalue weighted by molar-refractivity contribution is 5.90. The maximum Gasteiger partial charge on any atom is 0.505 e. The fourth-order valence-electron chi connectivity index (χ4n) is 1.89. The molecule has 1 N–H and O–H groups in total. The molecule has 0 aliphatic rings. The first-order valence-corrected chi connectivity index (χ1v) is 6.46. The first-order valence-electron chi connectivity index (χ1n) is 6.46. The molecule has 1 atom stereocenters. The van der Waals surface area contributed by atoms with Gasteiger partial charge in [-0.3, -0.25) is 0 Å². The second kappa shape index (κ2) is 7.85. The van der Waals surface area contributed by atoms with E-state index in [1.165, 1.54) is 13.2 Å². The molecule has 1 unspecified atom stereocenters. The molecule has 0 spiro atoms. The van der Waals surface area contributed by atoms with Crippen LogP contribution < -0.4 is 0 Å². The van der Waals surface area contributed by atoms with E-state index >= 15 is 0 Å². The van der Waals surface area contributed by atoms with E-state index < -0.39 is 23.3 Å². The van der Waals surface area contributed by atoms with Crippen LogP contribution >= 0.6 is 0 Å². The van der Waals surface area contributed by atoms with Crippen molar-refractivity contribution < 1.29 is 23.8 Å². The van der Waals surface area contributed by atoms with Crippen LogP contribution in [-0.4, -0.2) is 23.5 Å². The van der Waals surface area contributed by atoms with Crippen LogP contribution in [0.3, 0.4) is 0 Å². The average Bonchev–Trinajstić information content (AvgIpc) is 2.92. The summed E-state index contributed by atoms with van der Waals surface area (Å²) >= 11 is 0. The third-order valence-corrected chi connectivity index (χ3v) is 2.76. The Labute approximate surface area is 121 Å². The lowest BCUT2D eigenvalue weighted by molar-refractivity contribution is -0.138. The van der Waals surface area contributed by atoms with Gasteiger partial charge in [0.05, 0.1) is 12.9 Å². The monoisotopic (exact) mass is 293 g/mol. The highest BCUT2D eigenvalue weighted by Gasteiger charge is 2.32. The number of hydrogen-bond acceptors (Lipinski definition) is 6. The number of rotatable bonds is 7. The molecule has 0 saturated carbocycles. The van der Waals surface area contributed by atoms with Crippen molar-refractivity contribution in [1.29, 1.82) is 5.39 Å². The minimum Gasteiger partial charge on any atom is -0.505 e. The number of ether oxygens (including phenoxy) is 1. The van der Waals surface area contributed by atoms with Gasteiger partial charge in [0.25, 0.3) is 0 Å². The van der Waals surface area contributed by atoms with Crippen molar-refractivity contribution in [3.8, 4) is 0 Å². The van der Waals surface area contributed by atoms with Gasteiger partial charge in [-0.25, -0.2) is 4.79 Å². The van der Waals surface area contributed by atoms with Gasteiger partial charge in [0.1, 0.15) is 11.5 Å². The maximum atomic E-state index is 11.5. The Morgan fingerprint density at radius 3 is 2.67 bits per heavy atom. The first kappa shape index (κ1) is 16.4. The number of nitrogens with zero attached hydrogens (tertiary/aromatic N) is 2. The Morgan fingerprint density at radius 2 is 2.19 bits per heavy atom. The molecule has 0 bridgehead atoms. The summed E-state index contributed by atoms with van der Waals surface area (Å²) in [6.07, 6.45) is 1.50. The molecule has 1 heterocycles. The van der Waals surface area contributed by atoms with Gasteiger partial charge in [-0.05, 0) is 26.0 Å². The van der Waals surface area contributed by atoms with Crippen molar-refractivity contribution in [1.82, 2.24) is 0 Å². The Hall–Kier alpha value is -2.62. The van der Waals surface area contributed by atoms with E-state index in [0.717, 1.165) is 0 Å². The van der Waals surface area contributed by atoms with E-state index in [4.69, 9.17) is 9.81 Å². The third-order valence-electron chi connectivity index (χ3n) is 2.76. The van der Waals surface area contributed by atoms with Crippen molar-refractivity contribution in [3.63, 3.8) is 0 Å². The van der Waals surface area contributed by atoms with Gasteiger partial charge in [-0.2, -0.15) is 0 Å². The molecule has 0 aromatic carbocycles. The number of diazo groups is 1. The van der Waals surface area contributed by atoms with Crippen LogP contribution in [0.5, 0.6) is 0 Å². The SMILES string of the molecule is CCOC(=O)/C([N+]#N)=C(\O)CC(CC(C)=O)c1ccco1. The highest BCUT2D eigenvalue weighted by atomic mass is 16.5. The van der Waals surface area contributed by atoms with Crippen LogP contribution in [0.25, 0.3) is 4.98 Å². The Morgan fingerprint density at radius 1 is 1.48 bits per heavy atom. The zero-order valence-corrected chi connectivity index (χ0v) is 11.9. The first-order chi connectivity index (χ1) is 9.99. The van der Waals surface area contributed by atoms with Crippen molar-refractivity contribution in [2.45, 2.75) is 32.6 Å². The second-order valence-corrected chi connectivity index (χ2v) is 4.44. The topological polar surface area (TPSA) is 105 Å². The predicted octanol–water partition coefficient (Wildman–Crippen LogP) is 2.92. The summed E-state index contributed by atoms with van der Waals surface area (Å²) in [7, 11) is 0. The molecule has 1 aromatic rings. The molecule has 0 aliphatic heterocycles. The van der Waals surface area contributed by atoms with Crippen LogP contribution in [0.4, 0.5) is 0 Å². The summed E-state index contributed by atoms with van der Waals surface area (Å²) in [5.74, 6) is -1.44. The Balaban J connectivity index is 2.98. The van der Waals surface area contributed by atoms with Gasteiger partial charge in [0.15, 0.2) is 10.7 Å². The average molecular weight is 293 g/mol. The summed E-state index contributed by atoms with van der Waals surface area (Å²) in [5, 5.41) is 18.8. The fraction of sp³-hybridized carbons (Fsp3) is 0.429. The van der Waals surface area contributed by atoms with Crippen LogP contribution in [0, 0.1) is 5.39 Å². The fourth-order valence-corrected chi connectivity index (χ4v) is 1.89. The summed E-state index contributed by atoms with van der Waals surface area (Å²) in [5.41, 5.74) is -0.572. The minimum atomic E-state index is -0.932. The van der Waals surface area contributed by atoms with Gasteiger partial charge in [0.2, 0.25) is 5.39 Å². The van der Waals surface area contributed by atoms with Gasteiger partial charge in [0, 0.05) is 18.8 Å². The summed E-state index contributed by atoms with van der Waals surface area (Å²) in [6.45, 7) is 3.09.